The molecule has 0 spiro atoms. The number of fused-ring (bicyclic) bond motifs is 1. The zero-order valence-corrected chi connectivity index (χ0v) is 11.4. The lowest BCUT2D eigenvalue weighted by molar-refractivity contribution is 0.147. The fraction of sp³-hybridized carbons (Fsp3) is 0.364. The van der Waals surface area contributed by atoms with Crippen LogP contribution >= 0.6 is 0 Å². The van der Waals surface area contributed by atoms with E-state index in [1.54, 1.807) is 0 Å². The summed E-state index contributed by atoms with van der Waals surface area (Å²) in [4.78, 5) is 13.5. The summed E-state index contributed by atoms with van der Waals surface area (Å²) in [6.07, 6.45) is 0. The number of nitrogens with one attached hydrogen (secondary N) is 2. The molecule has 0 saturated carbocycles. The van der Waals surface area contributed by atoms with Gasteiger partial charge >= 0.3 is 5.76 Å². The lowest BCUT2D eigenvalue weighted by Crippen LogP contribution is -2.28. The summed E-state index contributed by atoms with van der Waals surface area (Å²) in [6, 6.07) is 4.15. The summed E-state index contributed by atoms with van der Waals surface area (Å²) in [5, 5.41) is 0. The number of aromatic amines is 1. The van der Waals surface area contributed by atoms with Gasteiger partial charge in [-0.3, -0.25) is 4.98 Å². The second-order valence-electron chi connectivity index (χ2n) is 3.97. The number of sulfonamides is 1. The van der Waals surface area contributed by atoms with Crippen LogP contribution in [0, 0.1) is 0 Å². The predicted molar refractivity (Wildman–Crippen MR) is 71.9 cm³/mol. The highest BCUT2D eigenvalue weighted by Gasteiger charge is 2.15. The van der Waals surface area contributed by atoms with Gasteiger partial charge in [-0.15, -0.1) is 0 Å². The Morgan fingerprint density at radius 1 is 1.35 bits per heavy atom. The maximum atomic E-state index is 12.0. The minimum Gasteiger partial charge on any atom is -0.408 e. The molecule has 9 heteroatoms. The quantitative estimate of drug-likeness (QED) is 0.584. The molecule has 2 aromatic rings. The van der Waals surface area contributed by atoms with Gasteiger partial charge in [0.2, 0.25) is 10.0 Å². The molecule has 0 atom stereocenters. The number of hydrogen-bond donors (Lipinski definition) is 3. The molecule has 2 rings (SSSR count). The van der Waals surface area contributed by atoms with Gasteiger partial charge in [0.05, 0.1) is 23.6 Å². The van der Waals surface area contributed by atoms with Crippen LogP contribution in [0.5, 0.6) is 0 Å². The van der Waals surface area contributed by atoms with E-state index in [-0.39, 0.29) is 23.6 Å². The Morgan fingerprint density at radius 3 is 2.90 bits per heavy atom. The molecule has 0 fully saturated rings. The monoisotopic (exact) mass is 301 g/mol. The van der Waals surface area contributed by atoms with Crippen molar-refractivity contribution < 1.29 is 17.6 Å². The van der Waals surface area contributed by atoms with Crippen molar-refractivity contribution in [2.75, 3.05) is 26.3 Å². The number of oxazole rings is 1. The molecule has 0 radical (unpaired) electrons. The van der Waals surface area contributed by atoms with Crippen molar-refractivity contribution in [2.45, 2.75) is 4.90 Å². The lowest BCUT2D eigenvalue weighted by atomic mass is 10.3. The van der Waals surface area contributed by atoms with Gasteiger partial charge in [-0.2, -0.15) is 0 Å². The Kier molecular flexibility index (Phi) is 4.55. The first-order chi connectivity index (χ1) is 9.53. The Balaban J connectivity index is 2.08. The van der Waals surface area contributed by atoms with Gasteiger partial charge in [0.15, 0.2) is 5.58 Å². The molecule has 0 amide bonds. The Morgan fingerprint density at radius 2 is 2.15 bits per heavy atom. The van der Waals surface area contributed by atoms with Gasteiger partial charge in [-0.05, 0) is 12.1 Å². The third-order valence-corrected chi connectivity index (χ3v) is 3.96. The fourth-order valence-corrected chi connectivity index (χ4v) is 2.64. The summed E-state index contributed by atoms with van der Waals surface area (Å²) in [6.45, 7) is 1.13. The van der Waals surface area contributed by atoms with E-state index < -0.39 is 15.8 Å². The largest absolute Gasteiger partial charge is 0.417 e. The maximum Gasteiger partial charge on any atom is 0.417 e. The summed E-state index contributed by atoms with van der Waals surface area (Å²) in [7, 11) is -3.67. The van der Waals surface area contributed by atoms with Crippen LogP contribution in [-0.2, 0) is 14.8 Å². The van der Waals surface area contributed by atoms with Crippen molar-refractivity contribution in [1.29, 1.82) is 0 Å². The highest BCUT2D eigenvalue weighted by Crippen LogP contribution is 2.16. The molecule has 0 unspecified atom stereocenters. The molecule has 1 aromatic heterocycles. The molecular formula is C11H15N3O5S. The van der Waals surface area contributed by atoms with E-state index in [2.05, 4.69) is 9.71 Å². The normalized spacial score (nSPS) is 12.1. The average molecular weight is 301 g/mol. The Labute approximate surface area is 115 Å². The number of H-pyrrole nitrogens is 1. The first-order valence-electron chi connectivity index (χ1n) is 5.93. The minimum absolute atomic E-state index is 0.0200. The van der Waals surface area contributed by atoms with E-state index in [0.717, 1.165) is 0 Å². The number of hydrogen-bond acceptors (Lipinski definition) is 6. The van der Waals surface area contributed by atoms with Crippen LogP contribution in [0.2, 0.25) is 0 Å². The number of ether oxygens (including phenoxy) is 1. The zero-order valence-electron chi connectivity index (χ0n) is 10.6. The first kappa shape index (κ1) is 14.7. The first-order valence-corrected chi connectivity index (χ1v) is 7.41. The summed E-state index contributed by atoms with van der Waals surface area (Å²) in [5.41, 5.74) is 5.88. The van der Waals surface area contributed by atoms with Crippen LogP contribution in [0.4, 0.5) is 0 Å². The van der Waals surface area contributed by atoms with Crippen LogP contribution < -0.4 is 16.2 Å². The number of nitrogens with two attached hydrogens (primary N) is 1. The van der Waals surface area contributed by atoms with Crippen molar-refractivity contribution >= 4 is 21.1 Å². The molecule has 1 aromatic carbocycles. The fourth-order valence-electron chi connectivity index (χ4n) is 1.61. The average Bonchev–Trinajstić information content (AvgIpc) is 2.77. The molecule has 8 nitrogen and oxygen atoms in total. The molecule has 0 aliphatic carbocycles. The van der Waals surface area contributed by atoms with Crippen molar-refractivity contribution in [1.82, 2.24) is 9.71 Å². The lowest BCUT2D eigenvalue weighted by Gasteiger charge is -2.06. The number of rotatable bonds is 7. The van der Waals surface area contributed by atoms with Crippen LogP contribution in [-0.4, -0.2) is 39.7 Å². The van der Waals surface area contributed by atoms with Gasteiger partial charge in [-0.1, -0.05) is 0 Å². The molecule has 1 heterocycles. The van der Waals surface area contributed by atoms with Crippen molar-refractivity contribution in [2.24, 2.45) is 5.73 Å². The van der Waals surface area contributed by atoms with E-state index >= 15 is 0 Å². The maximum absolute atomic E-state index is 12.0. The van der Waals surface area contributed by atoms with E-state index in [9.17, 15) is 13.2 Å². The molecule has 20 heavy (non-hydrogen) atoms. The molecule has 0 aliphatic rings. The number of aromatic nitrogens is 1. The molecule has 0 aliphatic heterocycles. The zero-order chi connectivity index (χ0) is 14.6. The van der Waals surface area contributed by atoms with Gasteiger partial charge in [0, 0.05) is 19.2 Å². The Bertz CT molecular complexity index is 734. The summed E-state index contributed by atoms with van der Waals surface area (Å²) < 4.78 is 36.3. The smallest absolute Gasteiger partial charge is 0.408 e. The molecule has 4 N–H and O–H groups in total. The summed E-state index contributed by atoms with van der Waals surface area (Å²) >= 11 is 0. The van der Waals surface area contributed by atoms with Crippen LogP contribution in [0.3, 0.4) is 0 Å². The number of benzene rings is 1. The van der Waals surface area contributed by atoms with E-state index in [0.29, 0.717) is 18.7 Å². The predicted octanol–water partition coefficient (Wildman–Crippen LogP) is -0.625. The van der Waals surface area contributed by atoms with Gasteiger partial charge in [0.1, 0.15) is 0 Å². The highest BCUT2D eigenvalue weighted by molar-refractivity contribution is 7.89. The van der Waals surface area contributed by atoms with Crippen LogP contribution in [0.25, 0.3) is 11.1 Å². The van der Waals surface area contributed by atoms with E-state index in [1.807, 2.05) is 0 Å². The summed E-state index contributed by atoms with van der Waals surface area (Å²) in [5.74, 6) is -0.627. The second-order valence-corrected chi connectivity index (χ2v) is 5.74. The highest BCUT2D eigenvalue weighted by atomic mass is 32.2. The second kappa shape index (κ2) is 6.18. The molecule has 0 bridgehead atoms. The SMILES string of the molecule is NCCOCCNS(=O)(=O)c1ccc2[nH]c(=O)oc2c1. The molecular weight excluding hydrogens is 286 g/mol. The van der Waals surface area contributed by atoms with Gasteiger partial charge in [0.25, 0.3) is 0 Å². The third-order valence-electron chi connectivity index (χ3n) is 2.50. The minimum atomic E-state index is -3.67. The van der Waals surface area contributed by atoms with Crippen molar-refractivity contribution in [3.05, 3.63) is 28.7 Å². The van der Waals surface area contributed by atoms with Crippen molar-refractivity contribution in [3.63, 3.8) is 0 Å². The van der Waals surface area contributed by atoms with Gasteiger partial charge in [-0.25, -0.2) is 17.9 Å². The third kappa shape index (κ3) is 3.45. The molecule has 110 valence electrons. The van der Waals surface area contributed by atoms with Gasteiger partial charge < -0.3 is 14.9 Å². The molecule has 0 saturated heterocycles. The van der Waals surface area contributed by atoms with E-state index in [1.165, 1.54) is 18.2 Å². The van der Waals surface area contributed by atoms with Crippen molar-refractivity contribution in [3.8, 4) is 0 Å². The Hall–Kier alpha value is -1.68. The van der Waals surface area contributed by atoms with Crippen LogP contribution in [0.15, 0.2) is 32.3 Å². The van der Waals surface area contributed by atoms with E-state index in [4.69, 9.17) is 14.9 Å². The van der Waals surface area contributed by atoms with Crippen LogP contribution in [0.1, 0.15) is 0 Å². The standard InChI is InChI=1S/C11H15N3O5S/c12-3-5-18-6-4-13-20(16,17)8-1-2-9-10(7-8)19-11(15)14-9/h1-2,7,13H,3-6,12H2,(H,14,15). The topological polar surface area (TPSA) is 127 Å².